The number of pyridine rings is 1. The third kappa shape index (κ3) is 8.37. The predicted octanol–water partition coefficient (Wildman–Crippen LogP) is -3.63. The lowest BCUT2D eigenvalue weighted by atomic mass is 10.1. The first kappa shape index (κ1) is 33.9. The van der Waals surface area contributed by atoms with Crippen molar-refractivity contribution in [3.8, 4) is 0 Å². The topological polar surface area (TPSA) is 332 Å². The minimum atomic E-state index is -5.50. The summed E-state index contributed by atoms with van der Waals surface area (Å²) in [5.41, 5.74) is 12.1. The van der Waals surface area contributed by atoms with Crippen molar-refractivity contribution in [2.75, 3.05) is 25.6 Å². The second-order valence-corrected chi connectivity index (χ2v) is 12.3. The first-order valence-corrected chi connectivity index (χ1v) is 15.5. The number of fused-ring (bicyclic) bond motifs is 1. The Morgan fingerprint density at radius 2 is 1.84 bits per heavy atom. The highest BCUT2D eigenvalue weighted by Crippen LogP contribution is 2.58. The van der Waals surface area contributed by atoms with Gasteiger partial charge in [-0.15, -0.1) is 0 Å². The maximum atomic E-state index is 12.0. The number of ether oxygens (including phenoxy) is 2. The summed E-state index contributed by atoms with van der Waals surface area (Å²) >= 11 is 0. The Bertz CT molecular complexity index is 1550. The smallest absolute Gasteiger partial charge is 0.478 e. The fourth-order valence-corrected chi connectivity index (χ4v) is 6.07. The SMILES string of the molecule is NC(=O)c1ccc[n+]([C@H]2O[C@H](COP(=O)([O-])OP(=O)(O)OC[C@H]3OC[C@H](O)[C@@H]3O)[C@@H](O)[C@H]2O)c1.Nc1ncnc2nc[nH]c12. The Labute approximate surface area is 247 Å². The Morgan fingerprint density at radius 3 is 2.50 bits per heavy atom. The molecular weight excluding hydrogens is 636 g/mol. The highest BCUT2D eigenvalue weighted by atomic mass is 31.3. The molecule has 2 saturated heterocycles. The number of nitrogens with one attached hydrogen (secondary N) is 1. The minimum Gasteiger partial charge on any atom is -0.756 e. The summed E-state index contributed by atoms with van der Waals surface area (Å²) < 4.78 is 48.4. The van der Waals surface area contributed by atoms with Crippen LogP contribution in [0.15, 0.2) is 37.2 Å². The third-order valence-corrected chi connectivity index (χ3v) is 8.81. The van der Waals surface area contributed by atoms with E-state index in [0.717, 1.165) is 0 Å². The molecule has 2 unspecified atom stereocenters. The first-order valence-electron chi connectivity index (χ1n) is 12.5. The molecule has 23 heteroatoms. The number of imidazole rings is 1. The van der Waals surface area contributed by atoms with Crippen molar-refractivity contribution in [3.05, 3.63) is 42.7 Å². The second kappa shape index (κ2) is 14.0. The maximum absolute atomic E-state index is 12.0. The standard InChI is InChI=1S/C16H24N2O14P2.C5H5N5/c17-15(23)8-2-1-3-18(4-8)16-14(22)13(21)11(31-16)7-30-34(26,27)32-33(24,25)29-6-10-12(20)9(19)5-28-10;6-4-3-5(9-1-7-3)10-2-8-4/h1-4,9-14,16,19-22H,5-7H2,(H3-,17,23,24,25,26,27);1-2H,(H3,6,7,8,9,10)/t9-,10+,11+,12-,13+,14+,16-;/m0./s1. The largest absolute Gasteiger partial charge is 0.756 e. The van der Waals surface area contributed by atoms with E-state index in [4.69, 9.17) is 20.9 Å². The highest BCUT2D eigenvalue weighted by Gasteiger charge is 2.49. The molecule has 5 heterocycles. The van der Waals surface area contributed by atoms with Crippen LogP contribution in [0.3, 0.4) is 0 Å². The number of phosphoric acid groups is 2. The van der Waals surface area contributed by atoms with Gasteiger partial charge in [-0.2, -0.15) is 4.57 Å². The van der Waals surface area contributed by atoms with Crippen molar-refractivity contribution in [2.24, 2.45) is 5.73 Å². The quantitative estimate of drug-likeness (QED) is 0.0764. The molecule has 10 N–H and O–H groups in total. The number of aliphatic hydroxyl groups is 4. The summed E-state index contributed by atoms with van der Waals surface area (Å²) in [7, 11) is -10.7. The summed E-state index contributed by atoms with van der Waals surface area (Å²) in [6.45, 7) is -1.94. The molecule has 0 aliphatic carbocycles. The summed E-state index contributed by atoms with van der Waals surface area (Å²) in [5.74, 6) is -0.324. The Morgan fingerprint density at radius 1 is 1.11 bits per heavy atom. The van der Waals surface area contributed by atoms with Crippen LogP contribution in [0, 0.1) is 0 Å². The first-order chi connectivity index (χ1) is 20.7. The maximum Gasteiger partial charge on any atom is 0.478 e. The molecule has 0 saturated carbocycles. The number of hydrogen-bond donors (Lipinski definition) is 8. The normalized spacial score (nSPS) is 29.5. The number of H-pyrrole nitrogens is 1. The molecule has 0 spiro atoms. The fraction of sp³-hybridized carbons (Fsp3) is 0.476. The van der Waals surface area contributed by atoms with E-state index in [9.17, 15) is 44.1 Å². The number of primary amides is 1. The average molecular weight is 665 g/mol. The molecule has 44 heavy (non-hydrogen) atoms. The molecule has 5 rings (SSSR count). The van der Waals surface area contributed by atoms with Crippen LogP contribution < -0.4 is 20.9 Å². The molecule has 242 valence electrons. The van der Waals surface area contributed by atoms with Gasteiger partial charge in [0, 0.05) is 6.07 Å². The van der Waals surface area contributed by atoms with Crippen LogP contribution in [-0.4, -0.2) is 108 Å². The van der Waals surface area contributed by atoms with Gasteiger partial charge >= 0.3 is 7.82 Å². The number of rotatable bonds is 10. The number of nitrogen functional groups attached to an aromatic ring is 1. The molecule has 2 aliphatic heterocycles. The van der Waals surface area contributed by atoms with E-state index >= 15 is 0 Å². The molecule has 3 aromatic rings. The molecule has 1 amide bonds. The van der Waals surface area contributed by atoms with Crippen LogP contribution in [0.2, 0.25) is 0 Å². The van der Waals surface area contributed by atoms with Crippen molar-refractivity contribution in [1.82, 2.24) is 19.9 Å². The van der Waals surface area contributed by atoms with Crippen LogP contribution in [0.4, 0.5) is 5.82 Å². The molecule has 2 fully saturated rings. The van der Waals surface area contributed by atoms with Crippen LogP contribution in [-0.2, 0) is 32.0 Å². The zero-order valence-corrected chi connectivity index (χ0v) is 24.2. The number of carbonyl (C=O) groups is 1. The van der Waals surface area contributed by atoms with E-state index < -0.39 is 77.6 Å². The number of aromatic nitrogens is 5. The average Bonchev–Trinajstić information content (AvgIpc) is 3.65. The number of aliphatic hydroxyl groups excluding tert-OH is 4. The monoisotopic (exact) mass is 665 g/mol. The lowest BCUT2D eigenvalue weighted by Crippen LogP contribution is -2.46. The molecule has 0 aromatic carbocycles. The van der Waals surface area contributed by atoms with E-state index in [2.05, 4.69) is 33.3 Å². The van der Waals surface area contributed by atoms with Gasteiger partial charge in [0.05, 0.1) is 26.1 Å². The number of anilines is 1. The fourth-order valence-electron chi connectivity index (χ4n) is 4.01. The van der Waals surface area contributed by atoms with Gasteiger partial charge in [0.1, 0.15) is 47.9 Å². The Kier molecular flexibility index (Phi) is 10.7. The van der Waals surface area contributed by atoms with Gasteiger partial charge in [-0.3, -0.25) is 13.9 Å². The molecule has 9 atom stereocenters. The highest BCUT2D eigenvalue weighted by molar-refractivity contribution is 7.60. The van der Waals surface area contributed by atoms with Crippen molar-refractivity contribution in [1.29, 1.82) is 0 Å². The van der Waals surface area contributed by atoms with Gasteiger partial charge in [-0.25, -0.2) is 23.8 Å². The van der Waals surface area contributed by atoms with E-state index in [1.807, 2.05) is 0 Å². The zero-order chi connectivity index (χ0) is 32.2. The number of amides is 1. The number of aromatic amines is 1. The van der Waals surface area contributed by atoms with Crippen LogP contribution in [0.5, 0.6) is 0 Å². The summed E-state index contributed by atoms with van der Waals surface area (Å²) in [6.07, 6.45) is -4.14. The summed E-state index contributed by atoms with van der Waals surface area (Å²) in [4.78, 5) is 47.3. The number of hydrogen-bond acceptors (Lipinski definition) is 17. The second-order valence-electron chi connectivity index (χ2n) is 9.33. The van der Waals surface area contributed by atoms with Gasteiger partial charge in [0.25, 0.3) is 20.0 Å². The van der Waals surface area contributed by atoms with Crippen LogP contribution in [0.1, 0.15) is 16.6 Å². The van der Waals surface area contributed by atoms with Crippen molar-refractivity contribution in [3.63, 3.8) is 0 Å². The molecule has 3 aromatic heterocycles. The van der Waals surface area contributed by atoms with E-state index in [1.165, 1.54) is 41.7 Å². The number of nitrogens with zero attached hydrogens (tertiary/aromatic N) is 4. The number of carbonyl (C=O) groups excluding carboxylic acids is 1. The summed E-state index contributed by atoms with van der Waals surface area (Å²) in [6, 6.07) is 2.83. The predicted molar refractivity (Wildman–Crippen MR) is 139 cm³/mol. The van der Waals surface area contributed by atoms with E-state index in [-0.39, 0.29) is 12.2 Å². The number of phosphoric ester groups is 2. The zero-order valence-electron chi connectivity index (χ0n) is 22.4. The van der Waals surface area contributed by atoms with E-state index in [0.29, 0.717) is 17.0 Å². The van der Waals surface area contributed by atoms with Crippen molar-refractivity contribution < 1.29 is 71.5 Å². The Hall–Kier alpha value is -3.01. The summed E-state index contributed by atoms with van der Waals surface area (Å²) in [5, 5.41) is 39.4. The van der Waals surface area contributed by atoms with Gasteiger partial charge in [0.15, 0.2) is 30.0 Å². The number of nitrogens with two attached hydrogens (primary N) is 2. The molecule has 0 radical (unpaired) electrons. The molecule has 2 aliphatic rings. The lowest BCUT2D eigenvalue weighted by Gasteiger charge is -2.26. The van der Waals surface area contributed by atoms with Gasteiger partial charge in [-0.05, 0) is 6.07 Å². The van der Waals surface area contributed by atoms with Crippen LogP contribution in [0.25, 0.3) is 11.2 Å². The minimum absolute atomic E-state index is 0.0775. The lowest BCUT2D eigenvalue weighted by molar-refractivity contribution is -0.765. The molecular formula is C21H29N7O14P2. The Balaban J connectivity index is 0.000000369. The van der Waals surface area contributed by atoms with Gasteiger partial charge in [-0.1, -0.05) is 0 Å². The van der Waals surface area contributed by atoms with Crippen molar-refractivity contribution in [2.45, 2.75) is 42.9 Å². The third-order valence-electron chi connectivity index (χ3n) is 6.25. The van der Waals surface area contributed by atoms with Gasteiger partial charge in [0.2, 0.25) is 0 Å². The van der Waals surface area contributed by atoms with E-state index in [1.54, 1.807) is 0 Å². The molecule has 0 bridgehead atoms. The van der Waals surface area contributed by atoms with Crippen molar-refractivity contribution >= 4 is 38.5 Å². The van der Waals surface area contributed by atoms with Gasteiger partial charge < -0.3 is 60.7 Å². The van der Waals surface area contributed by atoms with Crippen LogP contribution >= 0.6 is 15.6 Å². The molecule has 21 nitrogen and oxygen atoms in total.